The molecule has 4 N–H and O–H groups in total. The molecule has 1 rings (SSSR count). The van der Waals surface area contributed by atoms with Gasteiger partial charge in [0.2, 0.25) is 0 Å². The molecule has 1 atom stereocenters. The van der Waals surface area contributed by atoms with Crippen molar-refractivity contribution in [3.8, 4) is 0 Å². The highest BCUT2D eigenvalue weighted by atomic mass is 16.4. The van der Waals surface area contributed by atoms with Gasteiger partial charge in [0.25, 0.3) is 5.91 Å². The van der Waals surface area contributed by atoms with E-state index in [1.54, 1.807) is 24.3 Å². The fourth-order valence-electron chi connectivity index (χ4n) is 1.83. The zero-order chi connectivity index (χ0) is 13.5. The Morgan fingerprint density at radius 1 is 1.39 bits per heavy atom. The molecule has 5 nitrogen and oxygen atoms in total. The largest absolute Gasteiger partial charge is 0.481 e. The number of hydrogen-bond acceptors (Lipinski definition) is 3. The summed E-state index contributed by atoms with van der Waals surface area (Å²) in [5, 5.41) is 11.9. The minimum absolute atomic E-state index is 0.0148. The number of rotatable bonds is 7. The monoisotopic (exact) mass is 250 g/mol. The van der Waals surface area contributed by atoms with Crippen molar-refractivity contribution in [3.05, 3.63) is 29.8 Å². The van der Waals surface area contributed by atoms with Crippen LogP contribution in [0, 0.1) is 0 Å². The van der Waals surface area contributed by atoms with Crippen molar-refractivity contribution in [1.82, 2.24) is 0 Å². The highest BCUT2D eigenvalue weighted by Gasteiger charge is 2.15. The Hall–Kier alpha value is -2.04. The molecule has 1 unspecified atom stereocenters. The zero-order valence-electron chi connectivity index (χ0n) is 10.3. The Morgan fingerprint density at radius 3 is 2.61 bits per heavy atom. The summed E-state index contributed by atoms with van der Waals surface area (Å²) in [6, 6.07) is 6.64. The molecule has 0 fully saturated rings. The Kier molecular flexibility index (Phi) is 5.17. The first-order valence-electron chi connectivity index (χ1n) is 5.91. The second-order valence-corrected chi connectivity index (χ2v) is 4.14. The molecule has 0 aliphatic rings. The summed E-state index contributed by atoms with van der Waals surface area (Å²) in [4.78, 5) is 22.0. The van der Waals surface area contributed by atoms with Crippen LogP contribution in [0.1, 0.15) is 36.5 Å². The fourth-order valence-corrected chi connectivity index (χ4v) is 1.83. The van der Waals surface area contributed by atoms with E-state index >= 15 is 0 Å². The summed E-state index contributed by atoms with van der Waals surface area (Å²) in [5.41, 5.74) is 6.24. The van der Waals surface area contributed by atoms with E-state index in [2.05, 4.69) is 5.32 Å². The first kappa shape index (κ1) is 14.0. The highest BCUT2D eigenvalue weighted by Crippen LogP contribution is 2.18. The molecule has 0 aliphatic carbocycles. The molecule has 0 heterocycles. The van der Waals surface area contributed by atoms with Gasteiger partial charge in [-0.2, -0.15) is 0 Å². The Bertz CT molecular complexity index is 432. The van der Waals surface area contributed by atoms with Crippen LogP contribution in [0.15, 0.2) is 24.3 Å². The van der Waals surface area contributed by atoms with Gasteiger partial charge in [-0.15, -0.1) is 0 Å². The fraction of sp³-hybridized carbons (Fsp3) is 0.385. The lowest BCUT2D eigenvalue weighted by Crippen LogP contribution is -2.25. The molecule has 5 heteroatoms. The van der Waals surface area contributed by atoms with Gasteiger partial charge in [-0.3, -0.25) is 9.59 Å². The number of anilines is 1. The molecular formula is C13H18N2O3. The number of hydrogen-bond donors (Lipinski definition) is 3. The van der Waals surface area contributed by atoms with Crippen molar-refractivity contribution in [1.29, 1.82) is 0 Å². The van der Waals surface area contributed by atoms with Gasteiger partial charge < -0.3 is 16.2 Å². The lowest BCUT2D eigenvalue weighted by molar-refractivity contribution is -0.137. The molecule has 18 heavy (non-hydrogen) atoms. The molecule has 1 aromatic rings. The minimum Gasteiger partial charge on any atom is -0.481 e. The lowest BCUT2D eigenvalue weighted by Gasteiger charge is -2.19. The van der Waals surface area contributed by atoms with E-state index in [0.717, 1.165) is 12.8 Å². The SMILES string of the molecule is CCCC(CC(=O)O)Nc1ccccc1C(N)=O. The van der Waals surface area contributed by atoms with Crippen molar-refractivity contribution >= 4 is 17.6 Å². The first-order chi connectivity index (χ1) is 8.54. The number of primary amides is 1. The number of benzene rings is 1. The van der Waals surface area contributed by atoms with Crippen molar-refractivity contribution in [2.45, 2.75) is 32.2 Å². The molecule has 0 radical (unpaired) electrons. The molecule has 1 aromatic carbocycles. The maximum absolute atomic E-state index is 11.2. The van der Waals surface area contributed by atoms with Crippen molar-refractivity contribution in [2.75, 3.05) is 5.32 Å². The summed E-state index contributed by atoms with van der Waals surface area (Å²) in [6.45, 7) is 1.98. The second kappa shape index (κ2) is 6.64. The molecular weight excluding hydrogens is 232 g/mol. The predicted molar refractivity (Wildman–Crippen MR) is 69.5 cm³/mol. The number of aliphatic carboxylic acids is 1. The number of carboxylic acids is 1. The van der Waals surface area contributed by atoms with Crippen LogP contribution in [0.4, 0.5) is 5.69 Å². The molecule has 0 aliphatic heterocycles. The highest BCUT2D eigenvalue weighted by molar-refractivity contribution is 5.98. The van der Waals surface area contributed by atoms with Crippen LogP contribution >= 0.6 is 0 Å². The van der Waals surface area contributed by atoms with Gasteiger partial charge in [0, 0.05) is 11.7 Å². The number of carbonyl (C=O) groups is 2. The summed E-state index contributed by atoms with van der Waals surface area (Å²) in [6.07, 6.45) is 1.60. The van der Waals surface area contributed by atoms with E-state index in [-0.39, 0.29) is 12.5 Å². The third-order valence-electron chi connectivity index (χ3n) is 2.61. The van der Waals surface area contributed by atoms with Crippen molar-refractivity contribution < 1.29 is 14.7 Å². The maximum Gasteiger partial charge on any atom is 0.305 e. The quantitative estimate of drug-likeness (QED) is 0.688. The number of para-hydroxylation sites is 1. The third kappa shape index (κ3) is 4.08. The van der Waals surface area contributed by atoms with Gasteiger partial charge in [-0.1, -0.05) is 25.5 Å². The van der Waals surface area contributed by atoms with Gasteiger partial charge in [0.1, 0.15) is 0 Å². The number of amides is 1. The van der Waals surface area contributed by atoms with Crippen LogP contribution in [-0.4, -0.2) is 23.0 Å². The summed E-state index contributed by atoms with van der Waals surface area (Å²) in [5.74, 6) is -1.39. The molecule has 1 amide bonds. The average Bonchev–Trinajstić information content (AvgIpc) is 2.28. The standard InChI is InChI=1S/C13H18N2O3/c1-2-5-9(8-12(16)17)15-11-7-4-3-6-10(11)13(14)18/h3-4,6-7,9,15H,2,5,8H2,1H3,(H2,14,18)(H,16,17). The Morgan fingerprint density at radius 2 is 2.06 bits per heavy atom. The van der Waals surface area contributed by atoms with E-state index in [1.807, 2.05) is 6.92 Å². The maximum atomic E-state index is 11.2. The predicted octanol–water partition coefficient (Wildman–Crippen LogP) is 1.84. The average molecular weight is 250 g/mol. The van der Waals surface area contributed by atoms with Gasteiger partial charge in [0.05, 0.1) is 12.0 Å². The van der Waals surface area contributed by atoms with Crippen molar-refractivity contribution in [2.24, 2.45) is 5.73 Å². The number of nitrogens with two attached hydrogens (primary N) is 1. The third-order valence-corrected chi connectivity index (χ3v) is 2.61. The van der Waals surface area contributed by atoms with Crippen LogP contribution in [0.3, 0.4) is 0 Å². The molecule has 0 bridgehead atoms. The van der Waals surface area contributed by atoms with Crippen LogP contribution in [0.25, 0.3) is 0 Å². The van der Waals surface area contributed by atoms with E-state index in [9.17, 15) is 9.59 Å². The number of carboxylic acid groups (broad SMARTS) is 1. The van der Waals surface area contributed by atoms with E-state index < -0.39 is 11.9 Å². The van der Waals surface area contributed by atoms with Gasteiger partial charge in [-0.05, 0) is 18.6 Å². The van der Waals surface area contributed by atoms with Gasteiger partial charge in [-0.25, -0.2) is 0 Å². The summed E-state index contributed by atoms with van der Waals surface area (Å²) >= 11 is 0. The molecule has 98 valence electrons. The molecule has 0 spiro atoms. The van der Waals surface area contributed by atoms with Crippen LogP contribution in [0.2, 0.25) is 0 Å². The van der Waals surface area contributed by atoms with Gasteiger partial charge in [0.15, 0.2) is 0 Å². The smallest absolute Gasteiger partial charge is 0.305 e. The summed E-state index contributed by atoms with van der Waals surface area (Å²) < 4.78 is 0. The Balaban J connectivity index is 2.85. The van der Waals surface area contributed by atoms with Crippen LogP contribution in [0.5, 0.6) is 0 Å². The minimum atomic E-state index is -0.863. The number of carbonyl (C=O) groups excluding carboxylic acids is 1. The van der Waals surface area contributed by atoms with Gasteiger partial charge >= 0.3 is 5.97 Å². The normalized spacial score (nSPS) is 11.8. The summed E-state index contributed by atoms with van der Waals surface area (Å²) in [7, 11) is 0. The van der Waals surface area contributed by atoms with E-state index in [4.69, 9.17) is 10.8 Å². The van der Waals surface area contributed by atoms with Crippen LogP contribution in [-0.2, 0) is 4.79 Å². The molecule has 0 saturated carbocycles. The zero-order valence-corrected chi connectivity index (χ0v) is 10.3. The van der Waals surface area contributed by atoms with Crippen LogP contribution < -0.4 is 11.1 Å². The van der Waals surface area contributed by atoms with E-state index in [0.29, 0.717) is 11.3 Å². The van der Waals surface area contributed by atoms with E-state index in [1.165, 1.54) is 0 Å². The first-order valence-corrected chi connectivity index (χ1v) is 5.91. The Labute approximate surface area is 106 Å². The second-order valence-electron chi connectivity index (χ2n) is 4.14. The number of nitrogens with one attached hydrogen (secondary N) is 1. The molecule has 0 aromatic heterocycles. The topological polar surface area (TPSA) is 92.4 Å². The molecule has 0 saturated heterocycles. The van der Waals surface area contributed by atoms with Crippen molar-refractivity contribution in [3.63, 3.8) is 0 Å². The lowest BCUT2D eigenvalue weighted by atomic mass is 10.1.